The number of halogens is 1. The second kappa shape index (κ2) is 7.12. The summed E-state index contributed by atoms with van der Waals surface area (Å²) in [4.78, 5) is 12.1. The number of hydrogen-bond donors (Lipinski definition) is 1. The zero-order valence-corrected chi connectivity index (χ0v) is 12.6. The van der Waals surface area contributed by atoms with Crippen LogP contribution in [-0.4, -0.2) is 22.2 Å². The third-order valence-electron chi connectivity index (χ3n) is 2.77. The van der Waals surface area contributed by atoms with E-state index in [-0.39, 0.29) is 11.7 Å². The summed E-state index contributed by atoms with van der Waals surface area (Å²) in [6, 6.07) is 6.00. The van der Waals surface area contributed by atoms with Crippen LogP contribution in [0.1, 0.15) is 25.3 Å². The molecule has 7 heteroatoms. The Morgan fingerprint density at radius 3 is 2.76 bits per heavy atom. The van der Waals surface area contributed by atoms with Crippen molar-refractivity contribution in [3.63, 3.8) is 0 Å². The number of hydrogen-bond acceptors (Lipinski definition) is 5. The molecule has 0 fully saturated rings. The van der Waals surface area contributed by atoms with Gasteiger partial charge < -0.3 is 4.74 Å². The highest BCUT2D eigenvalue weighted by Gasteiger charge is 2.21. The van der Waals surface area contributed by atoms with Crippen LogP contribution in [0.25, 0.3) is 0 Å². The van der Waals surface area contributed by atoms with Crippen molar-refractivity contribution in [2.45, 2.75) is 32.8 Å². The molecular formula is C14H16FN3O2S. The standard InChI is InChI=1S/C14H16FN3O2S/c1-3-10(20-11-8-6-5-7-9(11)15)13(19)16-14-18-17-12(4-2)21-14/h5-8,10H,3-4H2,1-2H3,(H,16,18,19)/t10-/m1/s1. The molecule has 112 valence electrons. The summed E-state index contributed by atoms with van der Waals surface area (Å²) < 4.78 is 19.0. The maximum absolute atomic E-state index is 13.5. The van der Waals surface area contributed by atoms with Crippen LogP contribution >= 0.6 is 11.3 Å². The number of amides is 1. The van der Waals surface area contributed by atoms with E-state index in [0.717, 1.165) is 11.4 Å². The largest absolute Gasteiger partial charge is 0.478 e. The number of nitrogens with one attached hydrogen (secondary N) is 1. The molecule has 0 saturated heterocycles. The topological polar surface area (TPSA) is 64.1 Å². The number of para-hydroxylation sites is 1. The molecule has 1 amide bonds. The predicted molar refractivity (Wildman–Crippen MR) is 79.0 cm³/mol. The molecule has 0 spiro atoms. The van der Waals surface area contributed by atoms with E-state index in [1.807, 2.05) is 6.92 Å². The van der Waals surface area contributed by atoms with E-state index in [9.17, 15) is 9.18 Å². The lowest BCUT2D eigenvalue weighted by molar-refractivity contribution is -0.122. The predicted octanol–water partition coefficient (Wildman–Crippen LogP) is 3.04. The minimum atomic E-state index is -0.782. The lowest BCUT2D eigenvalue weighted by Crippen LogP contribution is -2.32. The number of aromatic nitrogens is 2. The van der Waals surface area contributed by atoms with Gasteiger partial charge in [-0.1, -0.05) is 37.3 Å². The summed E-state index contributed by atoms with van der Waals surface area (Å²) in [6.07, 6.45) is 0.395. The Bertz CT molecular complexity index is 618. The molecule has 0 aliphatic heterocycles. The SMILES string of the molecule is CCc1nnc(NC(=O)[C@@H](CC)Oc2ccccc2F)s1. The molecule has 2 rings (SSSR count). The van der Waals surface area contributed by atoms with Gasteiger partial charge in [-0.15, -0.1) is 10.2 Å². The van der Waals surface area contributed by atoms with E-state index < -0.39 is 11.9 Å². The Labute approximate surface area is 126 Å². The quantitative estimate of drug-likeness (QED) is 0.891. The van der Waals surface area contributed by atoms with Crippen molar-refractivity contribution in [2.24, 2.45) is 0 Å². The average Bonchev–Trinajstić information content (AvgIpc) is 2.94. The first-order valence-electron chi connectivity index (χ1n) is 6.68. The average molecular weight is 309 g/mol. The second-order valence-corrected chi connectivity index (χ2v) is 5.35. The normalized spacial score (nSPS) is 12.0. The molecule has 0 unspecified atom stereocenters. The van der Waals surface area contributed by atoms with Gasteiger partial charge in [0.2, 0.25) is 5.13 Å². The van der Waals surface area contributed by atoms with Crippen LogP contribution in [0, 0.1) is 5.82 Å². The zero-order valence-electron chi connectivity index (χ0n) is 11.8. The number of carbonyl (C=O) groups excluding carboxylic acids is 1. The number of ether oxygens (including phenoxy) is 1. The Morgan fingerprint density at radius 1 is 1.38 bits per heavy atom. The van der Waals surface area contributed by atoms with Crippen LogP contribution in [0.4, 0.5) is 9.52 Å². The summed E-state index contributed by atoms with van der Waals surface area (Å²) >= 11 is 1.31. The van der Waals surface area contributed by atoms with E-state index in [2.05, 4.69) is 15.5 Å². The highest BCUT2D eigenvalue weighted by atomic mass is 32.1. The van der Waals surface area contributed by atoms with Crippen molar-refractivity contribution in [1.82, 2.24) is 10.2 Å². The summed E-state index contributed by atoms with van der Waals surface area (Å²) in [5.41, 5.74) is 0. The maximum Gasteiger partial charge on any atom is 0.267 e. The van der Waals surface area contributed by atoms with Gasteiger partial charge in [0.25, 0.3) is 5.91 Å². The van der Waals surface area contributed by atoms with Gasteiger partial charge >= 0.3 is 0 Å². The first-order valence-corrected chi connectivity index (χ1v) is 7.50. The van der Waals surface area contributed by atoms with Gasteiger partial charge in [0.05, 0.1) is 0 Å². The Morgan fingerprint density at radius 2 is 2.14 bits per heavy atom. The summed E-state index contributed by atoms with van der Waals surface area (Å²) in [5.74, 6) is -0.793. The number of benzene rings is 1. The minimum Gasteiger partial charge on any atom is -0.478 e. The Balaban J connectivity index is 2.03. The monoisotopic (exact) mass is 309 g/mol. The van der Waals surface area contributed by atoms with Gasteiger partial charge in [-0.05, 0) is 25.0 Å². The van der Waals surface area contributed by atoms with Crippen molar-refractivity contribution >= 4 is 22.4 Å². The lowest BCUT2D eigenvalue weighted by Gasteiger charge is -2.16. The third kappa shape index (κ3) is 3.98. The van der Waals surface area contributed by atoms with E-state index in [4.69, 9.17) is 4.74 Å². The van der Waals surface area contributed by atoms with Crippen molar-refractivity contribution < 1.29 is 13.9 Å². The molecule has 1 N–H and O–H groups in total. The number of carbonyl (C=O) groups is 1. The van der Waals surface area contributed by atoms with Gasteiger partial charge in [-0.25, -0.2) is 4.39 Å². The van der Waals surface area contributed by atoms with Crippen LogP contribution in [0.2, 0.25) is 0 Å². The molecule has 0 saturated carbocycles. The van der Waals surface area contributed by atoms with Crippen LogP contribution in [0.3, 0.4) is 0 Å². The van der Waals surface area contributed by atoms with Crippen molar-refractivity contribution in [2.75, 3.05) is 5.32 Å². The van der Waals surface area contributed by atoms with Crippen LogP contribution in [-0.2, 0) is 11.2 Å². The fourth-order valence-corrected chi connectivity index (χ4v) is 2.33. The van der Waals surface area contributed by atoms with Gasteiger partial charge in [-0.3, -0.25) is 10.1 Å². The van der Waals surface area contributed by atoms with Gasteiger partial charge in [0, 0.05) is 0 Å². The van der Waals surface area contributed by atoms with Crippen LogP contribution in [0.5, 0.6) is 5.75 Å². The second-order valence-electron chi connectivity index (χ2n) is 4.29. The van der Waals surface area contributed by atoms with Crippen molar-refractivity contribution in [3.05, 3.63) is 35.1 Å². The third-order valence-corrected chi connectivity index (χ3v) is 3.75. The minimum absolute atomic E-state index is 0.0611. The molecule has 1 heterocycles. The molecule has 0 aliphatic carbocycles. The van der Waals surface area contributed by atoms with Gasteiger partial charge in [0.1, 0.15) is 5.01 Å². The molecule has 2 aromatic rings. The maximum atomic E-state index is 13.5. The number of rotatable bonds is 6. The smallest absolute Gasteiger partial charge is 0.267 e. The first-order chi connectivity index (χ1) is 10.1. The van der Waals surface area contributed by atoms with E-state index in [1.54, 1.807) is 19.1 Å². The lowest BCUT2D eigenvalue weighted by atomic mass is 10.2. The zero-order chi connectivity index (χ0) is 15.2. The van der Waals surface area contributed by atoms with E-state index in [1.165, 1.54) is 23.5 Å². The van der Waals surface area contributed by atoms with Crippen molar-refractivity contribution in [3.8, 4) is 5.75 Å². The van der Waals surface area contributed by atoms with E-state index >= 15 is 0 Å². The number of nitrogens with zero attached hydrogens (tertiary/aromatic N) is 2. The molecule has 0 aliphatic rings. The molecular weight excluding hydrogens is 293 g/mol. The molecule has 0 bridgehead atoms. The highest BCUT2D eigenvalue weighted by Crippen LogP contribution is 2.20. The van der Waals surface area contributed by atoms with Gasteiger partial charge in [-0.2, -0.15) is 0 Å². The molecule has 0 radical (unpaired) electrons. The molecule has 1 aromatic heterocycles. The van der Waals surface area contributed by atoms with Gasteiger partial charge in [0.15, 0.2) is 17.7 Å². The first kappa shape index (κ1) is 15.4. The fourth-order valence-electron chi connectivity index (χ4n) is 1.65. The van der Waals surface area contributed by atoms with Crippen molar-refractivity contribution in [1.29, 1.82) is 0 Å². The van der Waals surface area contributed by atoms with Crippen LogP contribution < -0.4 is 10.1 Å². The highest BCUT2D eigenvalue weighted by molar-refractivity contribution is 7.15. The summed E-state index contributed by atoms with van der Waals surface area (Å²) in [7, 11) is 0. The summed E-state index contributed by atoms with van der Waals surface area (Å²) in [6.45, 7) is 3.75. The summed E-state index contributed by atoms with van der Waals surface area (Å²) in [5, 5.41) is 11.7. The molecule has 5 nitrogen and oxygen atoms in total. The molecule has 1 atom stereocenters. The number of aryl methyl sites for hydroxylation is 1. The molecule has 1 aromatic carbocycles. The molecule has 21 heavy (non-hydrogen) atoms. The Kier molecular flexibility index (Phi) is 5.21. The number of anilines is 1. The van der Waals surface area contributed by atoms with Crippen LogP contribution in [0.15, 0.2) is 24.3 Å². The van der Waals surface area contributed by atoms with E-state index in [0.29, 0.717) is 11.6 Å². The Hall–Kier alpha value is -2.02. The fraction of sp³-hybridized carbons (Fsp3) is 0.357.